The molecule has 1 aromatic rings. The summed E-state index contributed by atoms with van der Waals surface area (Å²) in [6.45, 7) is 6.10. The Hall–Kier alpha value is -1.88. The lowest BCUT2D eigenvalue weighted by molar-refractivity contribution is -0.146. The van der Waals surface area contributed by atoms with E-state index in [0.717, 1.165) is 24.8 Å². The predicted molar refractivity (Wildman–Crippen MR) is 103 cm³/mol. The Kier molecular flexibility index (Phi) is 9.96. The number of rotatable bonds is 11. The molecule has 5 nitrogen and oxygen atoms in total. The van der Waals surface area contributed by atoms with Gasteiger partial charge in [-0.2, -0.15) is 0 Å². The summed E-state index contributed by atoms with van der Waals surface area (Å²) < 4.78 is 10.5. The summed E-state index contributed by atoms with van der Waals surface area (Å²) in [5, 5.41) is 2.85. The van der Waals surface area contributed by atoms with Gasteiger partial charge in [0.1, 0.15) is 6.04 Å². The summed E-state index contributed by atoms with van der Waals surface area (Å²) in [5.41, 5.74) is 0.968. The van der Waals surface area contributed by atoms with E-state index in [4.69, 9.17) is 9.47 Å². The van der Waals surface area contributed by atoms with Crippen LogP contribution in [0.2, 0.25) is 0 Å². The van der Waals surface area contributed by atoms with E-state index in [-0.39, 0.29) is 23.8 Å². The number of hydrogen-bond acceptors (Lipinski definition) is 4. The van der Waals surface area contributed by atoms with Crippen LogP contribution in [-0.4, -0.2) is 38.2 Å². The summed E-state index contributed by atoms with van der Waals surface area (Å²) in [5.74, 6) is -0.713. The van der Waals surface area contributed by atoms with Gasteiger partial charge >= 0.3 is 5.97 Å². The Morgan fingerprint density at radius 3 is 2.31 bits per heavy atom. The van der Waals surface area contributed by atoms with Gasteiger partial charge in [-0.15, -0.1) is 0 Å². The first-order valence-corrected chi connectivity index (χ1v) is 9.39. The van der Waals surface area contributed by atoms with Crippen LogP contribution in [0.4, 0.5) is 0 Å². The molecule has 1 N–H and O–H groups in total. The maximum Gasteiger partial charge on any atom is 0.328 e. The standard InChI is InChI=1S/C21H33NO4/c1-6-7-11-15(2)19(25-4)16(3)20(23)22-18(21(24)26-5)14-17-12-9-8-10-13-17/h8-10,12-13,15-16,18-19H,6-7,11,14H2,1-5H3,(H,22,23)/t15-,16+,18-,19-/m0/s1. The minimum absolute atomic E-state index is 0.184. The van der Waals surface area contributed by atoms with Gasteiger partial charge in [0.15, 0.2) is 0 Å². The van der Waals surface area contributed by atoms with Crippen LogP contribution in [0.3, 0.4) is 0 Å². The third-order valence-corrected chi connectivity index (χ3v) is 4.84. The second-order valence-corrected chi connectivity index (χ2v) is 6.88. The molecule has 0 aliphatic heterocycles. The second-order valence-electron chi connectivity index (χ2n) is 6.88. The molecule has 0 saturated carbocycles. The summed E-state index contributed by atoms with van der Waals surface area (Å²) in [4.78, 5) is 24.9. The van der Waals surface area contributed by atoms with E-state index in [1.54, 1.807) is 7.11 Å². The van der Waals surface area contributed by atoms with Crippen molar-refractivity contribution >= 4 is 11.9 Å². The van der Waals surface area contributed by atoms with Crippen LogP contribution in [-0.2, 0) is 25.5 Å². The SMILES string of the molecule is CCCC[C@H](C)[C@H](OC)[C@@H](C)C(=O)N[C@@H](Cc1ccccc1)C(=O)OC. The quantitative estimate of drug-likeness (QED) is 0.612. The van der Waals surface area contributed by atoms with Gasteiger partial charge in [-0.25, -0.2) is 4.79 Å². The molecule has 0 fully saturated rings. The fourth-order valence-corrected chi connectivity index (χ4v) is 3.26. The molecular formula is C21H33NO4. The highest BCUT2D eigenvalue weighted by atomic mass is 16.5. The Labute approximate surface area is 157 Å². The molecule has 146 valence electrons. The summed E-state index contributed by atoms with van der Waals surface area (Å²) in [6, 6.07) is 8.88. The number of unbranched alkanes of at least 4 members (excludes halogenated alkanes) is 1. The highest BCUT2D eigenvalue weighted by molar-refractivity contribution is 5.86. The van der Waals surface area contributed by atoms with Gasteiger partial charge in [0, 0.05) is 13.5 Å². The number of esters is 1. The summed E-state index contributed by atoms with van der Waals surface area (Å²) in [7, 11) is 2.97. The topological polar surface area (TPSA) is 64.6 Å². The number of ether oxygens (including phenoxy) is 2. The average molecular weight is 363 g/mol. The van der Waals surface area contributed by atoms with Crippen molar-refractivity contribution in [3.05, 3.63) is 35.9 Å². The van der Waals surface area contributed by atoms with E-state index in [1.165, 1.54) is 7.11 Å². The van der Waals surface area contributed by atoms with Gasteiger partial charge in [-0.3, -0.25) is 4.79 Å². The molecule has 0 bridgehead atoms. The third kappa shape index (κ3) is 6.79. The van der Waals surface area contributed by atoms with E-state index in [9.17, 15) is 9.59 Å². The van der Waals surface area contributed by atoms with Gasteiger partial charge in [0.2, 0.25) is 5.91 Å². The van der Waals surface area contributed by atoms with Gasteiger partial charge in [-0.05, 0) is 17.9 Å². The normalized spacial score (nSPS) is 15.6. The number of amides is 1. The van der Waals surface area contributed by atoms with Crippen LogP contribution < -0.4 is 5.32 Å². The van der Waals surface area contributed by atoms with Crippen molar-refractivity contribution in [3.8, 4) is 0 Å². The molecule has 0 aromatic heterocycles. The molecule has 1 amide bonds. The molecule has 0 radical (unpaired) electrons. The molecule has 0 aliphatic carbocycles. The van der Waals surface area contributed by atoms with Crippen molar-refractivity contribution in [1.82, 2.24) is 5.32 Å². The molecule has 0 aliphatic rings. The van der Waals surface area contributed by atoms with Crippen LogP contribution in [0.15, 0.2) is 30.3 Å². The molecule has 5 heteroatoms. The molecule has 26 heavy (non-hydrogen) atoms. The van der Waals surface area contributed by atoms with Crippen molar-refractivity contribution in [2.45, 2.75) is 58.6 Å². The highest BCUT2D eigenvalue weighted by Crippen LogP contribution is 2.22. The fraction of sp³-hybridized carbons (Fsp3) is 0.619. The van der Waals surface area contributed by atoms with Gasteiger partial charge in [0.25, 0.3) is 0 Å². The lowest BCUT2D eigenvalue weighted by Gasteiger charge is -2.29. The second kappa shape index (κ2) is 11.7. The van der Waals surface area contributed by atoms with Gasteiger partial charge in [-0.1, -0.05) is 63.9 Å². The van der Waals surface area contributed by atoms with E-state index in [0.29, 0.717) is 6.42 Å². The minimum atomic E-state index is -0.708. The minimum Gasteiger partial charge on any atom is -0.467 e. The monoisotopic (exact) mass is 363 g/mol. The third-order valence-electron chi connectivity index (χ3n) is 4.84. The maximum atomic E-state index is 12.7. The molecule has 0 spiro atoms. The summed E-state index contributed by atoms with van der Waals surface area (Å²) >= 11 is 0. The zero-order chi connectivity index (χ0) is 19.5. The lowest BCUT2D eigenvalue weighted by atomic mass is 9.88. The Morgan fingerprint density at radius 2 is 1.77 bits per heavy atom. The predicted octanol–water partition coefficient (Wildman–Crippen LogP) is 3.36. The van der Waals surface area contributed by atoms with Crippen molar-refractivity contribution in [2.75, 3.05) is 14.2 Å². The Morgan fingerprint density at radius 1 is 1.12 bits per heavy atom. The van der Waals surface area contributed by atoms with Crippen molar-refractivity contribution in [2.24, 2.45) is 11.8 Å². The maximum absolute atomic E-state index is 12.7. The fourth-order valence-electron chi connectivity index (χ4n) is 3.26. The van der Waals surface area contributed by atoms with Crippen LogP contribution >= 0.6 is 0 Å². The first kappa shape index (κ1) is 22.2. The van der Waals surface area contributed by atoms with E-state index in [1.807, 2.05) is 37.3 Å². The van der Waals surface area contributed by atoms with E-state index >= 15 is 0 Å². The molecular weight excluding hydrogens is 330 g/mol. The summed E-state index contributed by atoms with van der Waals surface area (Å²) in [6.07, 6.45) is 3.44. The van der Waals surface area contributed by atoms with E-state index in [2.05, 4.69) is 19.2 Å². The first-order chi connectivity index (χ1) is 12.4. The largest absolute Gasteiger partial charge is 0.467 e. The molecule has 1 rings (SSSR count). The number of benzene rings is 1. The number of carbonyl (C=O) groups excluding carboxylic acids is 2. The molecule has 4 atom stereocenters. The van der Waals surface area contributed by atoms with E-state index < -0.39 is 12.0 Å². The van der Waals surface area contributed by atoms with Crippen LogP contribution in [0.1, 0.15) is 45.6 Å². The molecule has 0 heterocycles. The first-order valence-electron chi connectivity index (χ1n) is 9.39. The molecule has 0 unspecified atom stereocenters. The highest BCUT2D eigenvalue weighted by Gasteiger charge is 2.31. The number of hydrogen-bond donors (Lipinski definition) is 1. The Bertz CT molecular complexity index is 546. The van der Waals surface area contributed by atoms with Gasteiger partial charge < -0.3 is 14.8 Å². The molecule has 0 saturated heterocycles. The number of nitrogens with one attached hydrogen (secondary N) is 1. The number of carbonyl (C=O) groups is 2. The smallest absolute Gasteiger partial charge is 0.328 e. The van der Waals surface area contributed by atoms with Crippen LogP contribution in [0.5, 0.6) is 0 Å². The lowest BCUT2D eigenvalue weighted by Crippen LogP contribution is -2.48. The molecule has 1 aromatic carbocycles. The van der Waals surface area contributed by atoms with Crippen LogP contribution in [0.25, 0.3) is 0 Å². The zero-order valence-electron chi connectivity index (χ0n) is 16.7. The average Bonchev–Trinajstić information content (AvgIpc) is 2.66. The van der Waals surface area contributed by atoms with Crippen molar-refractivity contribution in [3.63, 3.8) is 0 Å². The Balaban J connectivity index is 2.78. The van der Waals surface area contributed by atoms with Crippen LogP contribution in [0, 0.1) is 11.8 Å². The van der Waals surface area contributed by atoms with Crippen molar-refractivity contribution < 1.29 is 19.1 Å². The van der Waals surface area contributed by atoms with Crippen molar-refractivity contribution in [1.29, 1.82) is 0 Å². The van der Waals surface area contributed by atoms with Gasteiger partial charge in [0.05, 0.1) is 19.1 Å². The number of methoxy groups -OCH3 is 2. The zero-order valence-corrected chi connectivity index (χ0v) is 16.7.